The van der Waals surface area contributed by atoms with E-state index in [1.54, 1.807) is 11.8 Å². The van der Waals surface area contributed by atoms with Crippen LogP contribution in [0.5, 0.6) is 0 Å². The van der Waals surface area contributed by atoms with Crippen molar-refractivity contribution in [1.82, 2.24) is 5.32 Å². The maximum Gasteiger partial charge on any atom is 0.336 e. The molecule has 0 saturated carbocycles. The van der Waals surface area contributed by atoms with E-state index in [-0.39, 0.29) is 11.7 Å². The number of nitrogens with one attached hydrogen (secondary N) is 1. The molecule has 1 aliphatic heterocycles. The Bertz CT molecular complexity index is 1010. The Labute approximate surface area is 206 Å². The number of ether oxygens (including phenoxy) is 2. The molecule has 0 fully saturated rings. The molecule has 0 aromatic heterocycles. The van der Waals surface area contributed by atoms with Crippen molar-refractivity contribution in [3.63, 3.8) is 0 Å². The third-order valence-corrected chi connectivity index (χ3v) is 7.43. The molecule has 1 N–H and O–H groups in total. The zero-order valence-electron chi connectivity index (χ0n) is 20.9. The molecule has 1 aromatic carbocycles. The molecule has 3 atom stereocenters. The van der Waals surface area contributed by atoms with Crippen LogP contribution in [0.25, 0.3) is 0 Å². The van der Waals surface area contributed by atoms with Crippen molar-refractivity contribution < 1.29 is 23.9 Å². The number of methoxy groups -OCH3 is 1. The van der Waals surface area contributed by atoms with Gasteiger partial charge in [0.2, 0.25) is 0 Å². The van der Waals surface area contributed by atoms with Crippen LogP contribution in [0.3, 0.4) is 0 Å². The summed E-state index contributed by atoms with van der Waals surface area (Å²) in [6.45, 7) is 10.3. The number of hydrogen-bond acceptors (Lipinski definition) is 7. The fourth-order valence-electron chi connectivity index (χ4n) is 4.77. The van der Waals surface area contributed by atoms with Gasteiger partial charge in [-0.3, -0.25) is 9.59 Å². The lowest BCUT2D eigenvalue weighted by molar-refractivity contribution is -0.151. The molecule has 3 rings (SSSR count). The number of benzene rings is 1. The van der Waals surface area contributed by atoms with E-state index < -0.39 is 23.8 Å². The minimum atomic E-state index is -0.889. The monoisotopic (exact) mass is 485 g/mol. The van der Waals surface area contributed by atoms with Gasteiger partial charge in [0, 0.05) is 28.6 Å². The molecule has 0 spiro atoms. The zero-order chi connectivity index (χ0) is 25.0. The van der Waals surface area contributed by atoms with Gasteiger partial charge in [-0.05, 0) is 42.1 Å². The molecule has 184 valence electrons. The van der Waals surface area contributed by atoms with Gasteiger partial charge in [-0.25, -0.2) is 4.79 Å². The van der Waals surface area contributed by atoms with Gasteiger partial charge in [0.1, 0.15) is 12.5 Å². The Morgan fingerprint density at radius 2 is 1.88 bits per heavy atom. The van der Waals surface area contributed by atoms with E-state index in [4.69, 9.17) is 9.47 Å². The molecule has 0 saturated heterocycles. The number of hydrogen-bond donors (Lipinski definition) is 1. The number of allylic oxidation sites excluding steroid dienone is 3. The van der Waals surface area contributed by atoms with Crippen LogP contribution in [0.4, 0.5) is 0 Å². The maximum atomic E-state index is 13.7. The normalized spacial score (nSPS) is 22.4. The van der Waals surface area contributed by atoms with E-state index in [9.17, 15) is 14.4 Å². The van der Waals surface area contributed by atoms with Gasteiger partial charge in [0.25, 0.3) is 0 Å². The van der Waals surface area contributed by atoms with Gasteiger partial charge in [-0.1, -0.05) is 52.0 Å². The second-order valence-corrected chi connectivity index (χ2v) is 10.6. The second-order valence-electron chi connectivity index (χ2n) is 9.19. The maximum absolute atomic E-state index is 13.7. The molecule has 0 bridgehead atoms. The van der Waals surface area contributed by atoms with Crippen LogP contribution < -0.4 is 5.32 Å². The summed E-state index contributed by atoms with van der Waals surface area (Å²) in [7, 11) is 1.30. The first-order valence-corrected chi connectivity index (χ1v) is 13.0. The molecular formula is C27H35NO5S. The van der Waals surface area contributed by atoms with Crippen LogP contribution >= 0.6 is 11.8 Å². The Balaban J connectivity index is 2.08. The fraction of sp³-hybridized carbons (Fsp3) is 0.519. The van der Waals surface area contributed by atoms with Crippen molar-refractivity contribution >= 4 is 29.5 Å². The van der Waals surface area contributed by atoms with Gasteiger partial charge in [-0.2, -0.15) is 11.8 Å². The third-order valence-electron chi connectivity index (χ3n) is 6.56. The van der Waals surface area contributed by atoms with Crippen LogP contribution in [0.15, 0.2) is 46.8 Å². The lowest BCUT2D eigenvalue weighted by Gasteiger charge is -2.38. The summed E-state index contributed by atoms with van der Waals surface area (Å²) < 4.78 is 10.6. The van der Waals surface area contributed by atoms with Crippen molar-refractivity contribution in [2.45, 2.75) is 52.9 Å². The summed E-state index contributed by atoms with van der Waals surface area (Å²) in [4.78, 5) is 39.5. The number of rotatable bonds is 8. The Morgan fingerprint density at radius 1 is 1.21 bits per heavy atom. The van der Waals surface area contributed by atoms with Gasteiger partial charge < -0.3 is 14.8 Å². The molecule has 7 heteroatoms. The minimum Gasteiger partial charge on any atom is -0.468 e. The highest BCUT2D eigenvalue weighted by Gasteiger charge is 2.47. The van der Waals surface area contributed by atoms with E-state index >= 15 is 0 Å². The third kappa shape index (κ3) is 5.24. The lowest BCUT2D eigenvalue weighted by atomic mass is 9.69. The van der Waals surface area contributed by atoms with Crippen LogP contribution in [0.2, 0.25) is 0 Å². The minimum absolute atomic E-state index is 0.206. The number of carbonyl (C=O) groups excluding carboxylic acids is 3. The van der Waals surface area contributed by atoms with Gasteiger partial charge in [0.05, 0.1) is 12.7 Å². The van der Waals surface area contributed by atoms with E-state index in [1.165, 1.54) is 12.7 Å². The summed E-state index contributed by atoms with van der Waals surface area (Å²) in [6.07, 6.45) is 0.522. The second kappa shape index (κ2) is 11.3. The largest absolute Gasteiger partial charge is 0.468 e. The van der Waals surface area contributed by atoms with Crippen LogP contribution in [-0.2, 0) is 23.9 Å². The predicted molar refractivity (Wildman–Crippen MR) is 134 cm³/mol. The molecule has 1 aliphatic carbocycles. The number of esters is 2. The Kier molecular flexibility index (Phi) is 8.63. The molecule has 0 unspecified atom stereocenters. The fourth-order valence-corrected chi connectivity index (χ4v) is 5.26. The first-order chi connectivity index (χ1) is 16.2. The number of carbonyl (C=O) groups is 3. The van der Waals surface area contributed by atoms with E-state index in [2.05, 4.69) is 26.1 Å². The topological polar surface area (TPSA) is 81.7 Å². The Hall–Kier alpha value is -2.54. The number of thioether (sulfide) groups is 1. The van der Waals surface area contributed by atoms with E-state index in [1.807, 2.05) is 38.1 Å². The SMILES string of the molecule is CCSCCOC(=O)C1=C(C)NC2=C(C(=O)[C@@H](C(=O)OC)[C@H](C)C2)[C@H]1c1ccc(C(C)C)cc1. The van der Waals surface area contributed by atoms with Gasteiger partial charge in [0.15, 0.2) is 5.78 Å². The highest BCUT2D eigenvalue weighted by atomic mass is 32.2. The van der Waals surface area contributed by atoms with Crippen molar-refractivity contribution in [3.8, 4) is 0 Å². The molecule has 34 heavy (non-hydrogen) atoms. The molecule has 0 radical (unpaired) electrons. The summed E-state index contributed by atoms with van der Waals surface area (Å²) >= 11 is 1.70. The smallest absolute Gasteiger partial charge is 0.336 e. The van der Waals surface area contributed by atoms with Crippen LogP contribution in [-0.4, -0.2) is 42.9 Å². The molecular weight excluding hydrogens is 450 g/mol. The van der Waals surface area contributed by atoms with E-state index in [0.29, 0.717) is 41.5 Å². The standard InChI is InChI=1S/C27H35NO5S/c1-7-34-13-12-33-27(31)22-17(5)28-20-14-16(4)21(26(30)32-6)25(29)24(20)23(22)19-10-8-18(9-11-19)15(2)3/h8-11,15-16,21,23,28H,7,12-14H2,1-6H3/t16-,21+,23+/m1/s1. The Morgan fingerprint density at radius 3 is 2.47 bits per heavy atom. The average Bonchev–Trinajstić information content (AvgIpc) is 2.80. The molecule has 2 aliphatic rings. The summed E-state index contributed by atoms with van der Waals surface area (Å²) in [5.74, 6) is -0.940. The van der Waals surface area contributed by atoms with Crippen LogP contribution in [0, 0.1) is 11.8 Å². The van der Waals surface area contributed by atoms with Gasteiger partial charge in [-0.15, -0.1) is 0 Å². The predicted octanol–water partition coefficient (Wildman–Crippen LogP) is 4.72. The number of dihydropyridines is 1. The van der Waals surface area contributed by atoms with Crippen LogP contribution in [0.1, 0.15) is 64.0 Å². The highest BCUT2D eigenvalue weighted by Crippen LogP contribution is 2.45. The zero-order valence-corrected chi connectivity index (χ0v) is 21.7. The summed E-state index contributed by atoms with van der Waals surface area (Å²) in [5.41, 5.74) is 4.34. The number of ketones is 1. The average molecular weight is 486 g/mol. The lowest BCUT2D eigenvalue weighted by Crippen LogP contribution is -2.43. The van der Waals surface area contributed by atoms with Crippen molar-refractivity contribution in [3.05, 3.63) is 57.9 Å². The summed E-state index contributed by atoms with van der Waals surface area (Å²) in [6, 6.07) is 8.02. The molecule has 6 nitrogen and oxygen atoms in total. The number of Topliss-reactive ketones (excluding diaryl/α,β-unsaturated/α-hetero) is 1. The quantitative estimate of drug-likeness (QED) is 0.324. The molecule has 1 aromatic rings. The van der Waals surface area contributed by atoms with Crippen molar-refractivity contribution in [2.24, 2.45) is 11.8 Å². The first kappa shape index (κ1) is 26.1. The molecule has 1 heterocycles. The van der Waals surface area contributed by atoms with Gasteiger partial charge >= 0.3 is 11.9 Å². The summed E-state index contributed by atoms with van der Waals surface area (Å²) in [5, 5.41) is 3.30. The van der Waals surface area contributed by atoms with Crippen molar-refractivity contribution in [1.29, 1.82) is 0 Å². The van der Waals surface area contributed by atoms with Crippen molar-refractivity contribution in [2.75, 3.05) is 25.2 Å². The highest BCUT2D eigenvalue weighted by molar-refractivity contribution is 7.99. The van der Waals surface area contributed by atoms with E-state index in [0.717, 1.165) is 17.0 Å². The first-order valence-electron chi connectivity index (χ1n) is 11.9. The molecule has 0 amide bonds.